The summed E-state index contributed by atoms with van der Waals surface area (Å²) < 4.78 is -0.0245. The van der Waals surface area contributed by atoms with Gasteiger partial charge in [-0.25, -0.2) is 0 Å². The van der Waals surface area contributed by atoms with Crippen molar-refractivity contribution < 1.29 is 0 Å². The van der Waals surface area contributed by atoms with E-state index >= 15 is 0 Å². The van der Waals surface area contributed by atoms with E-state index in [1.165, 1.54) is 0 Å². The summed E-state index contributed by atoms with van der Waals surface area (Å²) in [5.74, 6) is 0. The molecule has 0 unspecified atom stereocenters. The van der Waals surface area contributed by atoms with E-state index in [9.17, 15) is 9.81 Å². The van der Waals surface area contributed by atoms with Gasteiger partial charge >= 0.3 is 0 Å². The maximum Gasteiger partial charge on any atom is 0.116 e. The fourth-order valence-corrected chi connectivity index (χ4v) is 1.33. The van der Waals surface area contributed by atoms with Crippen LogP contribution in [0.3, 0.4) is 0 Å². The molecule has 0 saturated heterocycles. The Morgan fingerprint density at radius 1 is 1.45 bits per heavy atom. The predicted octanol–water partition coefficient (Wildman–Crippen LogP) is 1.74. The Balaban J connectivity index is 2.30. The zero-order valence-corrected chi connectivity index (χ0v) is 6.96. The highest BCUT2D eigenvalue weighted by molar-refractivity contribution is 7.82. The first-order valence-corrected chi connectivity index (χ1v) is 3.99. The van der Waals surface area contributed by atoms with Gasteiger partial charge in [-0.15, -0.1) is 0 Å². The monoisotopic (exact) mass is 174 g/mol. The minimum absolute atomic E-state index is 0.00812. The lowest BCUT2D eigenvalue weighted by atomic mass is 10.1. The van der Waals surface area contributed by atoms with Crippen LogP contribution >= 0.6 is 12.6 Å². The molecule has 5 heteroatoms. The molecule has 0 aromatic rings. The van der Waals surface area contributed by atoms with Gasteiger partial charge in [0.05, 0.1) is 0 Å². The summed E-state index contributed by atoms with van der Waals surface area (Å²) >= 11 is 4.31. The lowest BCUT2D eigenvalue weighted by Crippen LogP contribution is -2.15. The molecule has 1 fully saturated rings. The van der Waals surface area contributed by atoms with Crippen LogP contribution in [0.1, 0.15) is 19.3 Å². The van der Waals surface area contributed by atoms with Crippen LogP contribution < -0.4 is 0 Å². The molecule has 0 spiro atoms. The van der Waals surface area contributed by atoms with E-state index in [1.807, 2.05) is 0 Å². The third-order valence-corrected chi connectivity index (χ3v) is 2.51. The Morgan fingerprint density at radius 2 is 2.09 bits per heavy atom. The van der Waals surface area contributed by atoms with E-state index in [2.05, 4.69) is 23.0 Å². The average Bonchev–Trinajstić information content (AvgIpc) is 2.68. The molecule has 0 aromatic carbocycles. The van der Waals surface area contributed by atoms with Crippen LogP contribution in [0.5, 0.6) is 0 Å². The summed E-state index contributed by atoms with van der Waals surface area (Å²) in [5.41, 5.74) is 0. The second-order valence-corrected chi connectivity index (χ2v) is 3.95. The summed E-state index contributed by atoms with van der Waals surface area (Å²) in [7, 11) is 0. The normalized spacial score (nSPS) is 22.3. The van der Waals surface area contributed by atoms with Gasteiger partial charge in [0.25, 0.3) is 0 Å². The Hall–Kier alpha value is -0.450. The molecule has 1 atom stereocenters. The van der Waals surface area contributed by atoms with Crippen LogP contribution in [0, 0.1) is 9.81 Å². The van der Waals surface area contributed by atoms with Crippen molar-refractivity contribution in [2.75, 3.05) is 6.54 Å². The Kier molecular flexibility index (Phi) is 2.59. The molecule has 0 bridgehead atoms. The number of hydrogen-bond donors (Lipinski definition) is 1. The van der Waals surface area contributed by atoms with Gasteiger partial charge in [0.1, 0.15) is 12.6 Å². The fourth-order valence-electron chi connectivity index (χ4n) is 1.01. The maximum absolute atomic E-state index is 10.1. The van der Waals surface area contributed by atoms with Gasteiger partial charge in [-0.3, -0.25) is 0 Å². The fraction of sp³-hybridized carbons (Fsp3) is 1.00. The SMILES string of the molecule is O=NC[C@H](CC1(S)CC1)N=O. The lowest BCUT2D eigenvalue weighted by Gasteiger charge is -2.08. The summed E-state index contributed by atoms with van der Waals surface area (Å²) in [6, 6.07) is -0.465. The van der Waals surface area contributed by atoms with Crippen molar-refractivity contribution in [3.05, 3.63) is 9.81 Å². The molecule has 0 aliphatic heterocycles. The summed E-state index contributed by atoms with van der Waals surface area (Å²) in [6.07, 6.45) is 2.62. The van der Waals surface area contributed by atoms with Crippen LogP contribution in [0.25, 0.3) is 0 Å². The number of hydrogen-bond acceptors (Lipinski definition) is 5. The highest BCUT2D eigenvalue weighted by atomic mass is 32.1. The molecule has 0 aromatic heterocycles. The van der Waals surface area contributed by atoms with Crippen molar-refractivity contribution in [2.45, 2.75) is 30.1 Å². The van der Waals surface area contributed by atoms with E-state index in [0.29, 0.717) is 6.42 Å². The molecule has 4 nitrogen and oxygen atoms in total. The Labute approximate surface area is 70.1 Å². The van der Waals surface area contributed by atoms with E-state index in [1.54, 1.807) is 0 Å². The summed E-state index contributed by atoms with van der Waals surface area (Å²) in [4.78, 5) is 19.9. The summed E-state index contributed by atoms with van der Waals surface area (Å²) in [5, 5.41) is 5.45. The van der Waals surface area contributed by atoms with Gasteiger partial charge in [0, 0.05) is 4.75 Å². The van der Waals surface area contributed by atoms with Gasteiger partial charge in [-0.05, 0) is 19.3 Å². The van der Waals surface area contributed by atoms with Crippen molar-refractivity contribution in [3.63, 3.8) is 0 Å². The highest BCUT2D eigenvalue weighted by Crippen LogP contribution is 2.46. The Morgan fingerprint density at radius 3 is 2.45 bits per heavy atom. The minimum atomic E-state index is -0.465. The van der Waals surface area contributed by atoms with E-state index < -0.39 is 6.04 Å². The van der Waals surface area contributed by atoms with Gasteiger partial charge in [0.15, 0.2) is 0 Å². The average molecular weight is 174 g/mol. The first-order chi connectivity index (χ1) is 5.20. The quantitative estimate of drug-likeness (QED) is 0.509. The maximum atomic E-state index is 10.1. The third-order valence-electron chi connectivity index (χ3n) is 1.88. The van der Waals surface area contributed by atoms with Gasteiger partial charge in [-0.2, -0.15) is 22.4 Å². The number of nitrogens with zero attached hydrogens (tertiary/aromatic N) is 2. The van der Waals surface area contributed by atoms with E-state index in [4.69, 9.17) is 0 Å². The molecular weight excluding hydrogens is 164 g/mol. The molecule has 1 rings (SSSR count). The molecule has 0 radical (unpaired) electrons. The lowest BCUT2D eigenvalue weighted by molar-refractivity contribution is 0.600. The third kappa shape index (κ3) is 2.57. The molecule has 1 aliphatic carbocycles. The van der Waals surface area contributed by atoms with Crippen molar-refractivity contribution in [3.8, 4) is 0 Å². The van der Waals surface area contributed by atoms with Crippen molar-refractivity contribution >= 4 is 12.6 Å². The first kappa shape index (κ1) is 8.64. The second kappa shape index (κ2) is 3.30. The van der Waals surface area contributed by atoms with Crippen LogP contribution in [0.2, 0.25) is 0 Å². The van der Waals surface area contributed by atoms with Gasteiger partial charge in [0.2, 0.25) is 0 Å². The molecule has 62 valence electrons. The zero-order chi connectivity index (χ0) is 8.32. The highest BCUT2D eigenvalue weighted by Gasteiger charge is 2.41. The second-order valence-electron chi connectivity index (χ2n) is 3.00. The smallest absolute Gasteiger partial charge is 0.116 e. The van der Waals surface area contributed by atoms with E-state index in [0.717, 1.165) is 12.8 Å². The number of nitroso groups, excluding NO2 is 2. The molecular formula is C6H10N2O2S. The van der Waals surface area contributed by atoms with Crippen molar-refractivity contribution in [1.29, 1.82) is 0 Å². The van der Waals surface area contributed by atoms with Crippen molar-refractivity contribution in [1.82, 2.24) is 0 Å². The molecule has 0 heterocycles. The predicted molar refractivity (Wildman–Crippen MR) is 45.8 cm³/mol. The minimum Gasteiger partial charge on any atom is -0.172 e. The topological polar surface area (TPSA) is 58.9 Å². The summed E-state index contributed by atoms with van der Waals surface area (Å²) in [6.45, 7) is -0.00812. The van der Waals surface area contributed by atoms with Crippen molar-refractivity contribution in [2.24, 2.45) is 10.4 Å². The standard InChI is InChI=1S/C6H10N2O2S/c9-7-4-5(8-10)3-6(11)1-2-6/h5,11H,1-4H2/t5-/m0/s1. The van der Waals surface area contributed by atoms with Crippen LogP contribution in [0.15, 0.2) is 10.4 Å². The Bertz CT molecular complexity index is 170. The largest absolute Gasteiger partial charge is 0.172 e. The molecule has 1 aliphatic rings. The van der Waals surface area contributed by atoms with Gasteiger partial charge in [-0.1, -0.05) is 10.4 Å². The van der Waals surface area contributed by atoms with Gasteiger partial charge < -0.3 is 0 Å². The molecule has 0 amide bonds. The molecule has 11 heavy (non-hydrogen) atoms. The zero-order valence-electron chi connectivity index (χ0n) is 6.06. The molecule has 0 N–H and O–H groups in total. The molecule has 1 saturated carbocycles. The first-order valence-electron chi connectivity index (χ1n) is 3.54. The van der Waals surface area contributed by atoms with Crippen LogP contribution in [-0.2, 0) is 0 Å². The van der Waals surface area contributed by atoms with E-state index in [-0.39, 0.29) is 11.3 Å². The number of thiol groups is 1. The van der Waals surface area contributed by atoms with Crippen LogP contribution in [0.4, 0.5) is 0 Å². The number of rotatable bonds is 5. The van der Waals surface area contributed by atoms with Crippen LogP contribution in [-0.4, -0.2) is 17.3 Å².